The first-order chi connectivity index (χ1) is 16.4. The Balaban J connectivity index is 1.95. The SMILES string of the molecule is CCCNC(=O)[C@@H](Cc1ccccc1)N(Cc1ccc(Br)cc1)C(=O)Cc1ccc(C)c(C)c1. The molecule has 0 aromatic heterocycles. The van der Waals surface area contributed by atoms with Gasteiger partial charge in [-0.05, 0) is 60.2 Å². The van der Waals surface area contributed by atoms with Crippen LogP contribution in [0.15, 0.2) is 77.3 Å². The van der Waals surface area contributed by atoms with Gasteiger partial charge in [-0.25, -0.2) is 0 Å². The first-order valence-corrected chi connectivity index (χ1v) is 12.6. The third-order valence-corrected chi connectivity index (χ3v) is 6.54. The van der Waals surface area contributed by atoms with Crippen LogP contribution in [0.2, 0.25) is 0 Å². The molecule has 0 saturated heterocycles. The van der Waals surface area contributed by atoms with Crippen LogP contribution in [0.25, 0.3) is 0 Å². The molecule has 5 heteroatoms. The topological polar surface area (TPSA) is 49.4 Å². The number of nitrogens with one attached hydrogen (secondary N) is 1. The zero-order chi connectivity index (χ0) is 24.5. The summed E-state index contributed by atoms with van der Waals surface area (Å²) in [4.78, 5) is 28.8. The average Bonchev–Trinajstić information content (AvgIpc) is 2.84. The van der Waals surface area contributed by atoms with Crippen LogP contribution in [0, 0.1) is 13.8 Å². The van der Waals surface area contributed by atoms with Crippen LogP contribution in [0.5, 0.6) is 0 Å². The van der Waals surface area contributed by atoms with Gasteiger partial charge in [-0.3, -0.25) is 9.59 Å². The lowest BCUT2D eigenvalue weighted by Crippen LogP contribution is -2.51. The molecule has 0 spiro atoms. The smallest absolute Gasteiger partial charge is 0.243 e. The Morgan fingerprint density at radius 3 is 2.21 bits per heavy atom. The summed E-state index contributed by atoms with van der Waals surface area (Å²) in [6.07, 6.45) is 1.56. The van der Waals surface area contributed by atoms with Gasteiger partial charge in [0.1, 0.15) is 6.04 Å². The van der Waals surface area contributed by atoms with Gasteiger partial charge in [-0.2, -0.15) is 0 Å². The summed E-state index contributed by atoms with van der Waals surface area (Å²) < 4.78 is 0.978. The summed E-state index contributed by atoms with van der Waals surface area (Å²) >= 11 is 3.48. The standard InChI is InChI=1S/C29H33BrN2O2/c1-4-16-31-29(34)27(18-23-8-6-5-7-9-23)32(20-24-12-14-26(30)15-13-24)28(33)19-25-11-10-21(2)22(3)17-25/h5-15,17,27H,4,16,18-20H2,1-3H3,(H,31,34)/t27-/m1/s1. The second-order valence-corrected chi connectivity index (χ2v) is 9.66. The van der Waals surface area contributed by atoms with Gasteiger partial charge in [0.05, 0.1) is 6.42 Å². The van der Waals surface area contributed by atoms with Gasteiger partial charge in [-0.1, -0.05) is 83.5 Å². The van der Waals surface area contributed by atoms with Gasteiger partial charge in [0.15, 0.2) is 0 Å². The second kappa shape index (κ2) is 12.5. The molecule has 178 valence electrons. The molecule has 3 aromatic carbocycles. The van der Waals surface area contributed by atoms with E-state index in [-0.39, 0.29) is 18.2 Å². The van der Waals surface area contributed by atoms with E-state index in [9.17, 15) is 9.59 Å². The van der Waals surface area contributed by atoms with E-state index in [1.54, 1.807) is 4.90 Å². The van der Waals surface area contributed by atoms with Crippen molar-refractivity contribution in [3.63, 3.8) is 0 Å². The van der Waals surface area contributed by atoms with Gasteiger partial charge < -0.3 is 10.2 Å². The van der Waals surface area contributed by atoms with E-state index >= 15 is 0 Å². The highest BCUT2D eigenvalue weighted by molar-refractivity contribution is 9.10. The maximum atomic E-state index is 13.7. The fourth-order valence-electron chi connectivity index (χ4n) is 3.90. The van der Waals surface area contributed by atoms with Crippen LogP contribution in [0.1, 0.15) is 41.2 Å². The normalized spacial score (nSPS) is 11.6. The molecule has 0 unspecified atom stereocenters. The molecule has 0 fully saturated rings. The fraction of sp³-hybridized carbons (Fsp3) is 0.310. The van der Waals surface area contributed by atoms with Gasteiger partial charge in [0.2, 0.25) is 11.8 Å². The van der Waals surface area contributed by atoms with Crippen molar-refractivity contribution in [1.29, 1.82) is 0 Å². The second-order valence-electron chi connectivity index (χ2n) is 8.74. The number of rotatable bonds is 10. The molecule has 4 nitrogen and oxygen atoms in total. The fourth-order valence-corrected chi connectivity index (χ4v) is 4.16. The number of nitrogens with zero attached hydrogens (tertiary/aromatic N) is 1. The number of benzene rings is 3. The summed E-state index contributed by atoms with van der Waals surface area (Å²) in [7, 11) is 0. The van der Waals surface area contributed by atoms with E-state index in [4.69, 9.17) is 0 Å². The van der Waals surface area contributed by atoms with E-state index in [0.29, 0.717) is 19.5 Å². The molecule has 1 atom stereocenters. The molecule has 0 saturated carbocycles. The summed E-state index contributed by atoms with van der Waals surface area (Å²) in [6, 6.07) is 23.3. The van der Waals surface area contributed by atoms with Crippen LogP contribution >= 0.6 is 15.9 Å². The van der Waals surface area contributed by atoms with E-state index in [0.717, 1.165) is 33.1 Å². The lowest BCUT2D eigenvalue weighted by Gasteiger charge is -2.32. The number of amides is 2. The number of carbonyl (C=O) groups excluding carboxylic acids is 2. The summed E-state index contributed by atoms with van der Waals surface area (Å²) in [5.74, 6) is -0.171. The van der Waals surface area contributed by atoms with Crippen molar-refractivity contribution in [3.8, 4) is 0 Å². The lowest BCUT2D eigenvalue weighted by molar-refractivity contribution is -0.140. The van der Waals surface area contributed by atoms with Crippen LogP contribution in [-0.2, 0) is 29.0 Å². The minimum absolute atomic E-state index is 0.0567. The average molecular weight is 521 g/mol. The van der Waals surface area contributed by atoms with Crippen LogP contribution < -0.4 is 5.32 Å². The van der Waals surface area contributed by atoms with Crippen molar-refractivity contribution in [3.05, 3.63) is 105 Å². The minimum atomic E-state index is -0.600. The van der Waals surface area contributed by atoms with Crippen LogP contribution in [-0.4, -0.2) is 29.3 Å². The van der Waals surface area contributed by atoms with Crippen molar-refractivity contribution >= 4 is 27.7 Å². The highest BCUT2D eigenvalue weighted by Gasteiger charge is 2.30. The maximum Gasteiger partial charge on any atom is 0.243 e. The van der Waals surface area contributed by atoms with Crippen molar-refractivity contribution in [2.45, 2.75) is 52.6 Å². The minimum Gasteiger partial charge on any atom is -0.354 e. The zero-order valence-corrected chi connectivity index (χ0v) is 21.8. The predicted molar refractivity (Wildman–Crippen MR) is 142 cm³/mol. The van der Waals surface area contributed by atoms with E-state index in [1.807, 2.05) is 73.7 Å². The number of halogens is 1. The van der Waals surface area contributed by atoms with Crippen molar-refractivity contribution in [2.75, 3.05) is 6.54 Å². The van der Waals surface area contributed by atoms with Crippen LogP contribution in [0.4, 0.5) is 0 Å². The molecule has 0 heterocycles. The molecule has 0 radical (unpaired) electrons. The predicted octanol–water partition coefficient (Wildman–Crippen LogP) is 5.77. The highest BCUT2D eigenvalue weighted by Crippen LogP contribution is 2.19. The molecule has 3 rings (SSSR count). The Bertz CT molecular complexity index is 1100. The Labute approximate surface area is 211 Å². The molecule has 1 N–H and O–H groups in total. The molecule has 0 bridgehead atoms. The van der Waals surface area contributed by atoms with Gasteiger partial charge in [0, 0.05) is 24.0 Å². The third-order valence-electron chi connectivity index (χ3n) is 6.01. The Morgan fingerprint density at radius 1 is 0.882 bits per heavy atom. The quantitative estimate of drug-likeness (QED) is 0.368. The van der Waals surface area contributed by atoms with E-state index < -0.39 is 6.04 Å². The number of hydrogen-bond donors (Lipinski definition) is 1. The summed E-state index contributed by atoms with van der Waals surface area (Å²) in [6.45, 7) is 7.10. The van der Waals surface area contributed by atoms with Gasteiger partial charge in [0.25, 0.3) is 0 Å². The third kappa shape index (κ3) is 7.29. The first kappa shape index (κ1) is 25.7. The van der Waals surface area contributed by atoms with Crippen molar-refractivity contribution in [2.24, 2.45) is 0 Å². The molecular formula is C29H33BrN2O2. The van der Waals surface area contributed by atoms with Crippen molar-refractivity contribution in [1.82, 2.24) is 10.2 Å². The number of carbonyl (C=O) groups is 2. The highest BCUT2D eigenvalue weighted by atomic mass is 79.9. The lowest BCUT2D eigenvalue weighted by atomic mass is 10.00. The largest absolute Gasteiger partial charge is 0.354 e. The molecule has 34 heavy (non-hydrogen) atoms. The van der Waals surface area contributed by atoms with Gasteiger partial charge >= 0.3 is 0 Å². The van der Waals surface area contributed by atoms with E-state index in [1.165, 1.54) is 5.56 Å². The molecule has 2 amide bonds. The summed E-state index contributed by atoms with van der Waals surface area (Å²) in [5.41, 5.74) is 5.33. The molecule has 0 aliphatic heterocycles. The molecule has 3 aromatic rings. The summed E-state index contributed by atoms with van der Waals surface area (Å²) in [5, 5.41) is 3.02. The van der Waals surface area contributed by atoms with E-state index in [2.05, 4.69) is 41.2 Å². The molecule has 0 aliphatic rings. The number of hydrogen-bond acceptors (Lipinski definition) is 2. The Kier molecular flexibility index (Phi) is 9.46. The Morgan fingerprint density at radius 2 is 1.56 bits per heavy atom. The first-order valence-electron chi connectivity index (χ1n) is 11.8. The van der Waals surface area contributed by atoms with Gasteiger partial charge in [-0.15, -0.1) is 0 Å². The molecule has 0 aliphatic carbocycles. The number of aryl methyl sites for hydroxylation is 2. The Hall–Kier alpha value is -2.92. The monoisotopic (exact) mass is 520 g/mol. The molecular weight excluding hydrogens is 488 g/mol. The van der Waals surface area contributed by atoms with Crippen molar-refractivity contribution < 1.29 is 9.59 Å². The maximum absolute atomic E-state index is 13.7. The zero-order valence-electron chi connectivity index (χ0n) is 20.2. The van der Waals surface area contributed by atoms with Crippen LogP contribution in [0.3, 0.4) is 0 Å².